The number of nitrogens with one attached hydrogen (secondary N) is 3. The van der Waals surface area contributed by atoms with Gasteiger partial charge in [0.15, 0.2) is 5.82 Å². The van der Waals surface area contributed by atoms with Crippen LogP contribution >= 0.6 is 0 Å². The Bertz CT molecular complexity index is 1330. The number of hydrogen-bond donors (Lipinski definition) is 3. The Morgan fingerprint density at radius 2 is 1.71 bits per heavy atom. The Hall–Kier alpha value is -4.26. The summed E-state index contributed by atoms with van der Waals surface area (Å²) in [6.07, 6.45) is 2.12. The summed E-state index contributed by atoms with van der Waals surface area (Å²) in [4.78, 5) is 25.3. The minimum Gasteiger partial charge on any atom is -0.322 e. The van der Waals surface area contributed by atoms with E-state index in [1.807, 2.05) is 12.1 Å². The largest absolute Gasteiger partial charge is 0.322 e. The van der Waals surface area contributed by atoms with E-state index < -0.39 is 11.7 Å². The van der Waals surface area contributed by atoms with Crippen molar-refractivity contribution in [1.29, 1.82) is 0 Å². The molecular formula is C27H25FN4O2. The number of amides is 2. The smallest absolute Gasteiger partial charge is 0.258 e. The molecule has 2 amide bonds. The van der Waals surface area contributed by atoms with Gasteiger partial charge in [0.2, 0.25) is 0 Å². The number of halogens is 1. The number of carbonyl (C=O) groups excluding carboxylic acids is 2. The number of benzene rings is 3. The molecule has 0 saturated carbocycles. The number of H-pyrrole nitrogens is 1. The van der Waals surface area contributed by atoms with E-state index in [-0.39, 0.29) is 11.5 Å². The number of nitrogens with zero attached hydrogens (tertiary/aromatic N) is 1. The lowest BCUT2D eigenvalue weighted by atomic mass is 10.1. The van der Waals surface area contributed by atoms with Crippen molar-refractivity contribution < 1.29 is 14.0 Å². The molecule has 0 aliphatic carbocycles. The molecule has 6 nitrogen and oxygen atoms in total. The summed E-state index contributed by atoms with van der Waals surface area (Å²) in [5, 5.41) is 12.6. The van der Waals surface area contributed by atoms with E-state index in [1.165, 1.54) is 23.8 Å². The Labute approximate surface area is 197 Å². The van der Waals surface area contributed by atoms with Crippen molar-refractivity contribution in [3.8, 4) is 11.3 Å². The fourth-order valence-corrected chi connectivity index (χ4v) is 3.59. The number of hydrogen-bond acceptors (Lipinski definition) is 3. The number of rotatable bonds is 7. The van der Waals surface area contributed by atoms with Gasteiger partial charge in [0, 0.05) is 17.3 Å². The lowest BCUT2D eigenvalue weighted by Gasteiger charge is -2.11. The van der Waals surface area contributed by atoms with Crippen molar-refractivity contribution in [1.82, 2.24) is 10.2 Å². The predicted octanol–water partition coefficient (Wildman–Crippen LogP) is 5.98. The highest BCUT2D eigenvalue weighted by Gasteiger charge is 2.15. The van der Waals surface area contributed by atoms with Gasteiger partial charge in [-0.05, 0) is 54.3 Å². The van der Waals surface area contributed by atoms with Crippen LogP contribution in [0.5, 0.6) is 0 Å². The van der Waals surface area contributed by atoms with E-state index in [1.54, 1.807) is 37.3 Å². The normalized spacial score (nSPS) is 10.7. The summed E-state index contributed by atoms with van der Waals surface area (Å²) in [6, 6.07) is 20.7. The van der Waals surface area contributed by atoms with Gasteiger partial charge in [0.05, 0.1) is 11.3 Å². The van der Waals surface area contributed by atoms with Crippen LogP contribution in [0.2, 0.25) is 0 Å². The second-order valence-corrected chi connectivity index (χ2v) is 8.03. The van der Waals surface area contributed by atoms with Gasteiger partial charge in [-0.2, -0.15) is 5.10 Å². The molecule has 0 unspecified atom stereocenters. The SMILES string of the molecule is CCCc1ccc(-c2cc(NC(=O)c3ccc(C)c(NC(=O)c4ccccc4F)c3)n[nH]2)cc1. The van der Waals surface area contributed by atoms with Gasteiger partial charge in [-0.1, -0.05) is 55.8 Å². The molecule has 7 heteroatoms. The zero-order valence-electron chi connectivity index (χ0n) is 19.0. The number of carbonyl (C=O) groups is 2. The lowest BCUT2D eigenvalue weighted by molar-refractivity contribution is 0.101. The molecule has 3 aromatic carbocycles. The molecule has 4 rings (SSSR count). The third kappa shape index (κ3) is 5.20. The number of aryl methyl sites for hydroxylation is 2. The minimum absolute atomic E-state index is 0.0662. The number of anilines is 2. The van der Waals surface area contributed by atoms with Gasteiger partial charge in [-0.3, -0.25) is 14.7 Å². The Balaban J connectivity index is 1.46. The maximum absolute atomic E-state index is 13.9. The monoisotopic (exact) mass is 456 g/mol. The third-order valence-corrected chi connectivity index (χ3v) is 5.49. The van der Waals surface area contributed by atoms with Gasteiger partial charge in [-0.15, -0.1) is 0 Å². The van der Waals surface area contributed by atoms with Crippen LogP contribution in [0, 0.1) is 12.7 Å². The molecule has 4 aromatic rings. The average Bonchev–Trinajstić information content (AvgIpc) is 3.30. The fraction of sp³-hybridized carbons (Fsp3) is 0.148. The number of aromatic amines is 1. The molecule has 0 bridgehead atoms. The van der Waals surface area contributed by atoms with Gasteiger partial charge in [0.25, 0.3) is 11.8 Å². The molecule has 0 radical (unpaired) electrons. The molecular weight excluding hydrogens is 431 g/mol. The molecule has 1 aromatic heterocycles. The van der Waals surface area contributed by atoms with Gasteiger partial charge in [0.1, 0.15) is 5.82 Å². The third-order valence-electron chi connectivity index (χ3n) is 5.49. The number of aromatic nitrogens is 2. The van der Waals surface area contributed by atoms with Crippen LogP contribution in [0.25, 0.3) is 11.3 Å². The topological polar surface area (TPSA) is 86.9 Å². The zero-order chi connectivity index (χ0) is 24.1. The summed E-state index contributed by atoms with van der Waals surface area (Å²) >= 11 is 0. The first-order chi connectivity index (χ1) is 16.4. The van der Waals surface area contributed by atoms with Crippen LogP contribution in [-0.2, 0) is 6.42 Å². The zero-order valence-corrected chi connectivity index (χ0v) is 19.0. The van der Waals surface area contributed by atoms with E-state index in [0.717, 1.165) is 29.7 Å². The summed E-state index contributed by atoms with van der Waals surface area (Å²) in [6.45, 7) is 3.94. The molecule has 34 heavy (non-hydrogen) atoms. The summed E-state index contributed by atoms with van der Waals surface area (Å²) in [5.41, 5.74) is 4.48. The van der Waals surface area contributed by atoms with Crippen LogP contribution in [-0.4, -0.2) is 22.0 Å². The van der Waals surface area contributed by atoms with Gasteiger partial charge in [-0.25, -0.2) is 4.39 Å². The average molecular weight is 457 g/mol. The first kappa shape index (κ1) is 22.9. The molecule has 0 saturated heterocycles. The van der Waals surface area contributed by atoms with Crippen LogP contribution in [0.4, 0.5) is 15.9 Å². The van der Waals surface area contributed by atoms with E-state index in [4.69, 9.17) is 0 Å². The highest BCUT2D eigenvalue weighted by atomic mass is 19.1. The maximum atomic E-state index is 13.9. The van der Waals surface area contributed by atoms with Gasteiger partial charge < -0.3 is 10.6 Å². The van der Waals surface area contributed by atoms with Crippen molar-refractivity contribution in [3.63, 3.8) is 0 Å². The lowest BCUT2D eigenvalue weighted by Crippen LogP contribution is -2.16. The highest BCUT2D eigenvalue weighted by molar-refractivity contribution is 6.07. The molecule has 3 N–H and O–H groups in total. The quantitative estimate of drug-likeness (QED) is 0.320. The first-order valence-electron chi connectivity index (χ1n) is 11.1. The second-order valence-electron chi connectivity index (χ2n) is 8.03. The Kier molecular flexibility index (Phi) is 6.82. The summed E-state index contributed by atoms with van der Waals surface area (Å²) < 4.78 is 13.9. The van der Waals surface area contributed by atoms with Crippen LogP contribution in [0.1, 0.15) is 45.2 Å². The van der Waals surface area contributed by atoms with Crippen molar-refractivity contribution in [2.75, 3.05) is 10.6 Å². The van der Waals surface area contributed by atoms with Crippen LogP contribution < -0.4 is 10.6 Å². The predicted molar refractivity (Wildman–Crippen MR) is 132 cm³/mol. The molecule has 0 spiro atoms. The fourth-order valence-electron chi connectivity index (χ4n) is 3.59. The Morgan fingerprint density at radius 3 is 2.44 bits per heavy atom. The van der Waals surface area contributed by atoms with Crippen LogP contribution in [0.15, 0.2) is 72.8 Å². The standard InChI is InChI=1S/C27H25FN4O2/c1-3-6-18-10-13-19(14-11-18)24-16-25(32-31-24)30-26(33)20-12-9-17(2)23(15-20)29-27(34)21-7-4-5-8-22(21)28/h4-5,7-16H,3,6H2,1-2H3,(H,29,34)(H2,30,31,32,33). The molecule has 0 fully saturated rings. The second kappa shape index (κ2) is 10.1. The summed E-state index contributed by atoms with van der Waals surface area (Å²) in [7, 11) is 0. The van der Waals surface area contributed by atoms with E-state index in [0.29, 0.717) is 17.1 Å². The highest BCUT2D eigenvalue weighted by Crippen LogP contribution is 2.23. The van der Waals surface area contributed by atoms with E-state index in [2.05, 4.69) is 39.9 Å². The van der Waals surface area contributed by atoms with Crippen molar-refractivity contribution >= 4 is 23.3 Å². The molecule has 172 valence electrons. The molecule has 1 heterocycles. The van der Waals surface area contributed by atoms with Crippen LogP contribution in [0.3, 0.4) is 0 Å². The van der Waals surface area contributed by atoms with E-state index in [9.17, 15) is 14.0 Å². The summed E-state index contributed by atoms with van der Waals surface area (Å²) in [5.74, 6) is -1.19. The maximum Gasteiger partial charge on any atom is 0.258 e. The van der Waals surface area contributed by atoms with Crippen molar-refractivity contribution in [2.45, 2.75) is 26.7 Å². The molecule has 0 atom stereocenters. The van der Waals surface area contributed by atoms with Gasteiger partial charge >= 0.3 is 0 Å². The molecule has 0 aliphatic rings. The molecule has 0 aliphatic heterocycles. The van der Waals surface area contributed by atoms with Crippen molar-refractivity contribution in [3.05, 3.63) is 101 Å². The minimum atomic E-state index is -0.610. The van der Waals surface area contributed by atoms with Crippen molar-refractivity contribution in [2.24, 2.45) is 0 Å². The Morgan fingerprint density at radius 1 is 0.941 bits per heavy atom. The van der Waals surface area contributed by atoms with E-state index >= 15 is 0 Å². The first-order valence-corrected chi connectivity index (χ1v) is 11.1.